The predicted octanol–water partition coefficient (Wildman–Crippen LogP) is 6.44. The van der Waals surface area contributed by atoms with Crippen LogP contribution < -0.4 is 9.64 Å². The van der Waals surface area contributed by atoms with E-state index in [9.17, 15) is 19.2 Å². The highest BCUT2D eigenvalue weighted by molar-refractivity contribution is 6.31. The van der Waals surface area contributed by atoms with Crippen LogP contribution in [0.2, 0.25) is 10.0 Å². The number of likely N-dealkylation sites (tertiary alicyclic amines) is 1. The van der Waals surface area contributed by atoms with Crippen molar-refractivity contribution in [3.63, 3.8) is 0 Å². The molecule has 8 nitrogen and oxygen atoms in total. The zero-order valence-electron chi connectivity index (χ0n) is 24.1. The van der Waals surface area contributed by atoms with Gasteiger partial charge in [-0.3, -0.25) is 19.3 Å². The molecule has 10 heteroatoms. The van der Waals surface area contributed by atoms with Crippen LogP contribution in [0.25, 0.3) is 0 Å². The van der Waals surface area contributed by atoms with Crippen molar-refractivity contribution in [2.75, 3.05) is 12.0 Å². The highest BCUT2D eigenvalue weighted by atomic mass is 35.5. The second-order valence-electron chi connectivity index (χ2n) is 12.1. The van der Waals surface area contributed by atoms with Gasteiger partial charge in [0.25, 0.3) is 5.91 Å². The number of benzene rings is 3. The van der Waals surface area contributed by atoms with Crippen molar-refractivity contribution in [3.8, 4) is 5.75 Å². The minimum atomic E-state index is -1.64. The van der Waals surface area contributed by atoms with Gasteiger partial charge >= 0.3 is 6.03 Å². The SMILES string of the molecule is COc1ccc(N2C(=O)N3[C@H](c4ccc(Cl)cc4)[C@@H]4C(=O)N(C5CCCCC5)C(=O)[C@@H]4[C@]3(Cc3ccc(Cl)cc3)C2=O)cc1. The maximum atomic E-state index is 15.0. The maximum Gasteiger partial charge on any atom is 0.332 e. The topological polar surface area (TPSA) is 87.2 Å². The smallest absolute Gasteiger partial charge is 0.332 e. The molecule has 4 aliphatic rings. The maximum absolute atomic E-state index is 15.0. The first kappa shape index (κ1) is 28.9. The molecule has 5 amide bonds. The summed E-state index contributed by atoms with van der Waals surface area (Å²) in [5, 5.41) is 1.02. The van der Waals surface area contributed by atoms with Crippen molar-refractivity contribution in [1.82, 2.24) is 9.80 Å². The fraction of sp³-hybridized carbons (Fsp3) is 0.353. The van der Waals surface area contributed by atoms with Crippen LogP contribution in [0.1, 0.15) is 49.3 Å². The first-order valence-electron chi connectivity index (χ1n) is 14.9. The number of nitrogens with zero attached hydrogens (tertiary/aromatic N) is 3. The highest BCUT2D eigenvalue weighted by Gasteiger charge is 2.77. The lowest BCUT2D eigenvalue weighted by molar-refractivity contribution is -0.147. The first-order valence-corrected chi connectivity index (χ1v) is 15.7. The van der Waals surface area contributed by atoms with Gasteiger partial charge in [0, 0.05) is 22.5 Å². The van der Waals surface area contributed by atoms with Crippen LogP contribution in [0.4, 0.5) is 10.5 Å². The highest BCUT2D eigenvalue weighted by Crippen LogP contribution is 2.60. The second kappa shape index (κ2) is 10.9. The molecular weight excluding hydrogens is 601 g/mol. The summed E-state index contributed by atoms with van der Waals surface area (Å²) in [5.41, 5.74) is 0.0874. The van der Waals surface area contributed by atoms with Crippen LogP contribution in [-0.2, 0) is 20.8 Å². The van der Waals surface area contributed by atoms with Crippen LogP contribution in [0.15, 0.2) is 72.8 Å². The molecule has 226 valence electrons. The van der Waals surface area contributed by atoms with Gasteiger partial charge in [-0.1, -0.05) is 66.7 Å². The fourth-order valence-electron chi connectivity index (χ4n) is 7.87. The fourth-order valence-corrected chi connectivity index (χ4v) is 8.12. The summed E-state index contributed by atoms with van der Waals surface area (Å²) in [6.45, 7) is 0. The van der Waals surface area contributed by atoms with Crippen molar-refractivity contribution in [1.29, 1.82) is 0 Å². The number of halogens is 2. The van der Waals surface area contributed by atoms with Crippen molar-refractivity contribution in [2.24, 2.45) is 11.8 Å². The van der Waals surface area contributed by atoms with E-state index in [4.69, 9.17) is 27.9 Å². The van der Waals surface area contributed by atoms with Crippen molar-refractivity contribution in [3.05, 3.63) is 94.0 Å². The van der Waals surface area contributed by atoms with E-state index in [0.29, 0.717) is 27.0 Å². The Hall–Kier alpha value is -3.88. The third-order valence-corrected chi connectivity index (χ3v) is 10.3. The number of ether oxygens (including phenoxy) is 1. The molecule has 4 fully saturated rings. The van der Waals surface area contributed by atoms with Crippen molar-refractivity contribution >= 4 is 52.6 Å². The van der Waals surface area contributed by atoms with E-state index in [2.05, 4.69) is 0 Å². The average molecular weight is 633 g/mol. The number of rotatable bonds is 6. The molecule has 3 aromatic rings. The Morgan fingerprint density at radius 3 is 2.02 bits per heavy atom. The summed E-state index contributed by atoms with van der Waals surface area (Å²) < 4.78 is 5.30. The molecule has 4 atom stereocenters. The number of hydrogen-bond acceptors (Lipinski definition) is 5. The summed E-state index contributed by atoms with van der Waals surface area (Å²) in [6.07, 6.45) is 4.45. The van der Waals surface area contributed by atoms with E-state index < -0.39 is 35.4 Å². The largest absolute Gasteiger partial charge is 0.497 e. The van der Waals surface area contributed by atoms with E-state index in [1.165, 1.54) is 16.9 Å². The third kappa shape index (κ3) is 4.25. The Bertz CT molecular complexity index is 1640. The van der Waals surface area contributed by atoms with E-state index in [-0.39, 0.29) is 24.3 Å². The van der Waals surface area contributed by atoms with Gasteiger partial charge in [0.2, 0.25) is 11.8 Å². The Morgan fingerprint density at radius 2 is 1.41 bits per heavy atom. The number of fused-ring (bicyclic) bond motifs is 3. The van der Waals surface area contributed by atoms with Gasteiger partial charge < -0.3 is 9.64 Å². The molecule has 0 N–H and O–H groups in total. The number of carbonyl (C=O) groups is 4. The number of urea groups is 1. The molecule has 1 saturated carbocycles. The summed E-state index contributed by atoms with van der Waals surface area (Å²) in [4.78, 5) is 62.7. The normalized spacial score (nSPS) is 26.9. The van der Waals surface area contributed by atoms with Gasteiger partial charge in [0.15, 0.2) is 0 Å². The molecular formula is C34H31Cl2N3O5. The zero-order chi connectivity index (χ0) is 30.7. The van der Waals surface area contributed by atoms with Gasteiger partial charge in [0.05, 0.1) is 30.7 Å². The second-order valence-corrected chi connectivity index (χ2v) is 12.9. The summed E-state index contributed by atoms with van der Waals surface area (Å²) >= 11 is 12.5. The molecule has 7 rings (SSSR count). The Morgan fingerprint density at radius 1 is 0.795 bits per heavy atom. The molecule has 0 spiro atoms. The summed E-state index contributed by atoms with van der Waals surface area (Å²) in [7, 11) is 1.54. The van der Waals surface area contributed by atoms with Crippen molar-refractivity contribution in [2.45, 2.75) is 56.1 Å². The lowest BCUT2D eigenvalue weighted by Crippen LogP contribution is -2.56. The third-order valence-electron chi connectivity index (χ3n) is 9.79. The minimum Gasteiger partial charge on any atom is -0.497 e. The van der Waals surface area contributed by atoms with Gasteiger partial charge in [-0.15, -0.1) is 0 Å². The van der Waals surface area contributed by atoms with Crippen LogP contribution >= 0.6 is 23.2 Å². The monoisotopic (exact) mass is 631 g/mol. The Kier molecular flexibility index (Phi) is 7.17. The molecule has 3 aliphatic heterocycles. The molecule has 3 aromatic carbocycles. The van der Waals surface area contributed by atoms with E-state index in [1.807, 2.05) is 0 Å². The van der Waals surface area contributed by atoms with Gasteiger partial charge in [-0.05, 0) is 72.5 Å². The molecule has 3 heterocycles. The summed E-state index contributed by atoms with van der Waals surface area (Å²) in [5.74, 6) is -2.62. The average Bonchev–Trinajstić information content (AvgIpc) is 3.56. The Labute approximate surface area is 265 Å². The number of anilines is 1. The van der Waals surface area contributed by atoms with Crippen LogP contribution in [0.3, 0.4) is 0 Å². The van der Waals surface area contributed by atoms with Crippen molar-refractivity contribution < 1.29 is 23.9 Å². The number of amides is 5. The minimum absolute atomic E-state index is 0.0458. The van der Waals surface area contributed by atoms with Crippen LogP contribution in [-0.4, -0.2) is 52.2 Å². The molecule has 44 heavy (non-hydrogen) atoms. The lowest BCUT2D eigenvalue weighted by atomic mass is 9.75. The summed E-state index contributed by atoms with van der Waals surface area (Å²) in [6, 6.07) is 19.0. The molecule has 0 unspecified atom stereocenters. The molecule has 0 radical (unpaired) electrons. The predicted molar refractivity (Wildman–Crippen MR) is 166 cm³/mol. The lowest BCUT2D eigenvalue weighted by Gasteiger charge is -2.37. The molecule has 1 aliphatic carbocycles. The van der Waals surface area contributed by atoms with Gasteiger partial charge in [-0.2, -0.15) is 0 Å². The number of hydrogen-bond donors (Lipinski definition) is 0. The number of imide groups is 2. The zero-order valence-corrected chi connectivity index (χ0v) is 25.6. The van der Waals surface area contributed by atoms with Crippen LogP contribution in [0.5, 0.6) is 5.75 Å². The standard InChI is InChI=1S/C34H31Cl2N3O5/c1-44-26-17-15-25(16-18-26)38-32(42)34(19-20-7-11-22(35)12-8-20)28-27(30(40)37(31(28)41)24-5-3-2-4-6-24)29(39(34)33(38)43)21-9-13-23(36)14-10-21/h7-18,24,27-29H,2-6,19H2,1H3/t27-,28-,29-,34-/m1/s1. The van der Waals surface area contributed by atoms with E-state index >= 15 is 0 Å². The van der Waals surface area contributed by atoms with Gasteiger partial charge in [-0.25, -0.2) is 9.69 Å². The number of carbonyl (C=O) groups excluding carboxylic acids is 4. The van der Waals surface area contributed by atoms with Crippen LogP contribution in [0, 0.1) is 11.8 Å². The van der Waals surface area contributed by atoms with E-state index in [0.717, 1.165) is 42.6 Å². The van der Waals surface area contributed by atoms with E-state index in [1.54, 1.807) is 72.8 Å². The molecule has 0 aromatic heterocycles. The Balaban J connectivity index is 1.44. The molecule has 3 saturated heterocycles. The first-order chi connectivity index (χ1) is 21.3. The molecule has 0 bridgehead atoms. The number of methoxy groups -OCH3 is 1. The van der Waals surface area contributed by atoms with Gasteiger partial charge in [0.1, 0.15) is 11.3 Å². The quantitative estimate of drug-likeness (QED) is 0.231.